The van der Waals surface area contributed by atoms with Crippen LogP contribution in [0.25, 0.3) is 0 Å². The topological polar surface area (TPSA) is 127 Å². The average molecular weight is 320 g/mol. The van der Waals surface area contributed by atoms with E-state index in [1.165, 1.54) is 0 Å². The van der Waals surface area contributed by atoms with Crippen LogP contribution in [-0.4, -0.2) is 43.0 Å². The molecule has 10 heteroatoms. The van der Waals surface area contributed by atoms with Gasteiger partial charge in [-0.15, -0.1) is 0 Å². The Bertz CT molecular complexity index is 674. The molecular weight excluding hydrogens is 307 g/mol. The number of benzene rings is 1. The van der Waals surface area contributed by atoms with Crippen molar-refractivity contribution in [2.75, 3.05) is 23.9 Å². The third-order valence-electron chi connectivity index (χ3n) is 2.52. The van der Waals surface area contributed by atoms with Gasteiger partial charge in [0.2, 0.25) is 0 Å². The molecule has 8 nitrogen and oxygen atoms in total. The number of nitrogens with zero attached hydrogens (tertiary/aromatic N) is 1. The van der Waals surface area contributed by atoms with Crippen LogP contribution in [0.2, 0.25) is 0 Å². The van der Waals surface area contributed by atoms with Crippen LogP contribution < -0.4 is 5.32 Å². The zero-order valence-corrected chi connectivity index (χ0v) is 11.8. The van der Waals surface area contributed by atoms with Gasteiger partial charge in [-0.05, 0) is 6.42 Å². The van der Waals surface area contributed by atoms with Gasteiger partial charge in [0.1, 0.15) is 26.9 Å². The summed E-state index contributed by atoms with van der Waals surface area (Å²) < 4.78 is 35.4. The Labute approximate surface area is 119 Å². The first-order chi connectivity index (χ1) is 9.61. The van der Waals surface area contributed by atoms with Crippen molar-refractivity contribution in [2.24, 2.45) is 0 Å². The van der Waals surface area contributed by atoms with Crippen LogP contribution in [0.1, 0.15) is 16.8 Å². The molecule has 0 aromatic heterocycles. The summed E-state index contributed by atoms with van der Waals surface area (Å²) in [7, 11) is -3.16. The van der Waals surface area contributed by atoms with Gasteiger partial charge >= 0.3 is 5.97 Å². The number of anilines is 1. The van der Waals surface area contributed by atoms with Crippen molar-refractivity contribution in [3.63, 3.8) is 0 Å². The summed E-state index contributed by atoms with van der Waals surface area (Å²) in [5.74, 6) is -2.85. The number of sulfone groups is 1. The number of carboxylic acids is 1. The zero-order valence-electron chi connectivity index (χ0n) is 11.0. The number of nitrogens with one attached hydrogen (secondary N) is 1. The molecule has 21 heavy (non-hydrogen) atoms. The van der Waals surface area contributed by atoms with Crippen molar-refractivity contribution in [1.82, 2.24) is 0 Å². The molecule has 116 valence electrons. The molecule has 0 amide bonds. The van der Waals surface area contributed by atoms with Crippen LogP contribution in [0.5, 0.6) is 0 Å². The fourth-order valence-corrected chi connectivity index (χ4v) is 2.24. The summed E-state index contributed by atoms with van der Waals surface area (Å²) in [5, 5.41) is 22.1. The number of carbonyl (C=O) groups is 1. The highest BCUT2D eigenvalue weighted by molar-refractivity contribution is 7.90. The lowest BCUT2D eigenvalue weighted by Gasteiger charge is -2.08. The SMILES string of the molecule is CS(=O)(=O)CCCNc1cc(F)c(C(=O)O)cc1[N+](=O)[O-]. The Morgan fingerprint density at radius 1 is 1.48 bits per heavy atom. The first-order valence-electron chi connectivity index (χ1n) is 5.74. The molecular formula is C11H13FN2O6S. The molecule has 0 unspecified atom stereocenters. The number of rotatable bonds is 7. The summed E-state index contributed by atoms with van der Waals surface area (Å²) in [4.78, 5) is 20.7. The molecule has 1 rings (SSSR count). The minimum atomic E-state index is -3.16. The lowest BCUT2D eigenvalue weighted by Crippen LogP contribution is -2.11. The largest absolute Gasteiger partial charge is 0.478 e. The maximum Gasteiger partial charge on any atom is 0.338 e. The summed E-state index contributed by atoms with van der Waals surface area (Å²) >= 11 is 0. The number of hydrogen-bond acceptors (Lipinski definition) is 6. The van der Waals surface area contributed by atoms with Crippen LogP contribution in [-0.2, 0) is 9.84 Å². The molecule has 0 atom stereocenters. The second kappa shape index (κ2) is 6.48. The van der Waals surface area contributed by atoms with Crippen LogP contribution in [0, 0.1) is 15.9 Å². The maximum absolute atomic E-state index is 13.5. The number of nitro benzene ring substituents is 1. The number of hydrogen-bond donors (Lipinski definition) is 2. The minimum absolute atomic E-state index is 0.0692. The average Bonchev–Trinajstić information content (AvgIpc) is 2.32. The van der Waals surface area contributed by atoms with E-state index in [2.05, 4.69) is 5.32 Å². The molecule has 0 fully saturated rings. The van der Waals surface area contributed by atoms with Gasteiger partial charge in [-0.3, -0.25) is 10.1 Å². The molecule has 0 heterocycles. The molecule has 1 aromatic rings. The van der Waals surface area contributed by atoms with E-state index >= 15 is 0 Å². The lowest BCUT2D eigenvalue weighted by molar-refractivity contribution is -0.384. The molecule has 2 N–H and O–H groups in total. The standard InChI is InChI=1S/C11H13FN2O6S/c1-21(19,20)4-2-3-13-9-6-8(12)7(11(15)16)5-10(9)14(17)18/h5-6,13H,2-4H2,1H3,(H,15,16). The van der Waals surface area contributed by atoms with Gasteiger partial charge in [-0.2, -0.15) is 0 Å². The predicted octanol–water partition coefficient (Wildman–Crippen LogP) is 1.28. The number of nitro groups is 1. The Balaban J connectivity index is 2.93. The van der Waals surface area contributed by atoms with Gasteiger partial charge in [0, 0.05) is 24.9 Å². The summed E-state index contributed by atoms with van der Waals surface area (Å²) in [6, 6.07) is 1.33. The van der Waals surface area contributed by atoms with Gasteiger partial charge in [0.25, 0.3) is 5.69 Å². The van der Waals surface area contributed by atoms with E-state index in [0.717, 1.165) is 6.26 Å². The fourth-order valence-electron chi connectivity index (χ4n) is 1.58. The van der Waals surface area contributed by atoms with Gasteiger partial charge in [-0.25, -0.2) is 17.6 Å². The quantitative estimate of drug-likeness (QED) is 0.440. The fraction of sp³-hybridized carbons (Fsp3) is 0.364. The van der Waals surface area contributed by atoms with E-state index in [0.29, 0.717) is 12.1 Å². The van der Waals surface area contributed by atoms with Crippen molar-refractivity contribution in [3.8, 4) is 0 Å². The number of carboxylic acid groups (broad SMARTS) is 1. The highest BCUT2D eigenvalue weighted by atomic mass is 32.2. The van der Waals surface area contributed by atoms with Crippen molar-refractivity contribution in [2.45, 2.75) is 6.42 Å². The molecule has 0 radical (unpaired) electrons. The second-order valence-corrected chi connectivity index (χ2v) is 6.58. The van der Waals surface area contributed by atoms with Gasteiger partial charge < -0.3 is 10.4 Å². The molecule has 0 aliphatic carbocycles. The maximum atomic E-state index is 13.5. The molecule has 0 saturated carbocycles. The lowest BCUT2D eigenvalue weighted by atomic mass is 10.1. The van der Waals surface area contributed by atoms with E-state index in [9.17, 15) is 27.7 Å². The minimum Gasteiger partial charge on any atom is -0.478 e. The van der Waals surface area contributed by atoms with Crippen molar-refractivity contribution in [3.05, 3.63) is 33.6 Å². The van der Waals surface area contributed by atoms with E-state index in [4.69, 9.17) is 5.11 Å². The number of halogens is 1. The van der Waals surface area contributed by atoms with Crippen LogP contribution in [0.3, 0.4) is 0 Å². The van der Waals surface area contributed by atoms with Crippen molar-refractivity contribution >= 4 is 27.2 Å². The summed E-state index contributed by atoms with van der Waals surface area (Å²) in [6.45, 7) is 0.0692. The predicted molar refractivity (Wildman–Crippen MR) is 72.8 cm³/mol. The highest BCUT2D eigenvalue weighted by Gasteiger charge is 2.21. The third kappa shape index (κ3) is 4.99. The molecule has 1 aromatic carbocycles. The Kier molecular flexibility index (Phi) is 5.19. The van der Waals surface area contributed by atoms with Gasteiger partial charge in [0.05, 0.1) is 10.7 Å². The molecule has 0 aliphatic heterocycles. The molecule has 0 spiro atoms. The molecule has 0 bridgehead atoms. The zero-order chi connectivity index (χ0) is 16.2. The second-order valence-electron chi connectivity index (χ2n) is 4.32. The first kappa shape index (κ1) is 16.8. The van der Waals surface area contributed by atoms with Crippen LogP contribution in [0.15, 0.2) is 12.1 Å². The smallest absolute Gasteiger partial charge is 0.338 e. The number of aromatic carboxylic acids is 1. The van der Waals surface area contributed by atoms with Gasteiger partial charge in [0.15, 0.2) is 0 Å². The van der Waals surface area contributed by atoms with E-state index in [1.807, 2.05) is 0 Å². The highest BCUT2D eigenvalue weighted by Crippen LogP contribution is 2.27. The Hall–Kier alpha value is -2.23. The summed E-state index contributed by atoms with van der Waals surface area (Å²) in [6.07, 6.45) is 1.23. The van der Waals surface area contributed by atoms with Crippen molar-refractivity contribution in [1.29, 1.82) is 0 Å². The van der Waals surface area contributed by atoms with Gasteiger partial charge in [-0.1, -0.05) is 0 Å². The van der Waals surface area contributed by atoms with Crippen LogP contribution >= 0.6 is 0 Å². The van der Waals surface area contributed by atoms with Crippen LogP contribution in [0.4, 0.5) is 15.8 Å². The summed E-state index contributed by atoms with van der Waals surface area (Å²) in [5.41, 5.74) is -1.59. The molecule has 0 saturated heterocycles. The normalized spacial score (nSPS) is 11.1. The van der Waals surface area contributed by atoms with E-state index < -0.39 is 37.8 Å². The Morgan fingerprint density at radius 2 is 2.10 bits per heavy atom. The first-order valence-corrected chi connectivity index (χ1v) is 7.80. The Morgan fingerprint density at radius 3 is 2.57 bits per heavy atom. The monoisotopic (exact) mass is 320 g/mol. The molecule has 0 aliphatic rings. The third-order valence-corrected chi connectivity index (χ3v) is 3.55. The van der Waals surface area contributed by atoms with E-state index in [1.54, 1.807) is 0 Å². The van der Waals surface area contributed by atoms with Crippen molar-refractivity contribution < 1.29 is 27.6 Å². The van der Waals surface area contributed by atoms with E-state index in [-0.39, 0.29) is 24.4 Å².